The molecule has 0 radical (unpaired) electrons. The number of aliphatic hydroxyl groups excluding tert-OH is 1. The molecule has 4 heteroatoms. The van der Waals surface area contributed by atoms with Gasteiger partial charge in [-0.3, -0.25) is 4.79 Å². The molecular weight excluding hydrogens is 192 g/mol. The monoisotopic (exact) mass is 216 g/mol. The zero-order valence-corrected chi connectivity index (χ0v) is 10.2. The Bertz CT molecular complexity index is 193. The summed E-state index contributed by atoms with van der Waals surface area (Å²) in [6, 6.07) is 0.109. The fourth-order valence-corrected chi connectivity index (χ4v) is 1.60. The van der Waals surface area contributed by atoms with Gasteiger partial charge in [0.1, 0.15) is 0 Å². The Balaban J connectivity index is 4.59. The first-order chi connectivity index (χ1) is 6.95. The van der Waals surface area contributed by atoms with Crippen molar-refractivity contribution in [3.8, 4) is 0 Å². The third-order valence-electron chi connectivity index (χ3n) is 2.62. The number of nitrogens with two attached hydrogens (primary N) is 1. The Labute approximate surface area is 92.4 Å². The first kappa shape index (κ1) is 14.4. The number of amides is 1. The smallest absolute Gasteiger partial charge is 0.227 e. The Morgan fingerprint density at radius 3 is 2.13 bits per heavy atom. The zero-order valence-electron chi connectivity index (χ0n) is 10.2. The second-order valence-electron chi connectivity index (χ2n) is 4.44. The summed E-state index contributed by atoms with van der Waals surface area (Å²) < 4.78 is 0. The average molecular weight is 216 g/mol. The van der Waals surface area contributed by atoms with Gasteiger partial charge in [-0.25, -0.2) is 0 Å². The molecule has 0 saturated carbocycles. The van der Waals surface area contributed by atoms with Gasteiger partial charge in [0.15, 0.2) is 0 Å². The topological polar surface area (TPSA) is 66.6 Å². The van der Waals surface area contributed by atoms with Crippen LogP contribution in [0.3, 0.4) is 0 Å². The number of rotatable bonds is 6. The average Bonchev–Trinajstić information content (AvgIpc) is 2.13. The molecule has 3 N–H and O–H groups in total. The van der Waals surface area contributed by atoms with Crippen LogP contribution in [-0.4, -0.2) is 41.7 Å². The van der Waals surface area contributed by atoms with E-state index >= 15 is 0 Å². The SMILES string of the molecule is CC(C)C(CN)C(=O)N(CCO)C(C)C. The van der Waals surface area contributed by atoms with E-state index in [1.165, 1.54) is 0 Å². The van der Waals surface area contributed by atoms with Gasteiger partial charge in [0.25, 0.3) is 0 Å². The van der Waals surface area contributed by atoms with Crippen LogP contribution in [0.2, 0.25) is 0 Å². The number of nitrogens with zero attached hydrogens (tertiary/aromatic N) is 1. The van der Waals surface area contributed by atoms with Gasteiger partial charge in [-0.05, 0) is 19.8 Å². The van der Waals surface area contributed by atoms with Crippen LogP contribution >= 0.6 is 0 Å². The Morgan fingerprint density at radius 2 is 1.87 bits per heavy atom. The summed E-state index contributed by atoms with van der Waals surface area (Å²) in [5.41, 5.74) is 5.60. The van der Waals surface area contributed by atoms with Crippen molar-refractivity contribution < 1.29 is 9.90 Å². The van der Waals surface area contributed by atoms with Crippen LogP contribution in [0.1, 0.15) is 27.7 Å². The van der Waals surface area contributed by atoms with Gasteiger partial charge >= 0.3 is 0 Å². The van der Waals surface area contributed by atoms with Crippen molar-refractivity contribution in [2.45, 2.75) is 33.7 Å². The molecule has 0 fully saturated rings. The molecule has 0 bridgehead atoms. The Morgan fingerprint density at radius 1 is 1.33 bits per heavy atom. The molecule has 1 atom stereocenters. The van der Waals surface area contributed by atoms with E-state index in [-0.39, 0.29) is 30.4 Å². The number of carbonyl (C=O) groups excluding carboxylic acids is 1. The lowest BCUT2D eigenvalue weighted by Gasteiger charge is -2.31. The maximum absolute atomic E-state index is 12.1. The van der Waals surface area contributed by atoms with E-state index in [0.717, 1.165) is 0 Å². The van der Waals surface area contributed by atoms with Gasteiger partial charge in [-0.2, -0.15) is 0 Å². The molecule has 0 aromatic heterocycles. The first-order valence-electron chi connectivity index (χ1n) is 5.57. The molecule has 90 valence electrons. The van der Waals surface area contributed by atoms with E-state index < -0.39 is 0 Å². The molecule has 0 aliphatic rings. The van der Waals surface area contributed by atoms with Gasteiger partial charge in [0.2, 0.25) is 5.91 Å². The molecule has 0 aliphatic carbocycles. The molecule has 4 nitrogen and oxygen atoms in total. The summed E-state index contributed by atoms with van der Waals surface area (Å²) in [4.78, 5) is 13.8. The third-order valence-corrected chi connectivity index (χ3v) is 2.62. The summed E-state index contributed by atoms with van der Waals surface area (Å²) in [6.07, 6.45) is 0. The second-order valence-corrected chi connectivity index (χ2v) is 4.44. The van der Waals surface area contributed by atoms with Crippen molar-refractivity contribution in [3.63, 3.8) is 0 Å². The lowest BCUT2D eigenvalue weighted by atomic mass is 9.94. The van der Waals surface area contributed by atoms with Crippen molar-refractivity contribution >= 4 is 5.91 Å². The normalized spacial score (nSPS) is 13.3. The van der Waals surface area contributed by atoms with E-state index in [2.05, 4.69) is 0 Å². The highest BCUT2D eigenvalue weighted by Gasteiger charge is 2.26. The molecule has 1 unspecified atom stereocenters. The lowest BCUT2D eigenvalue weighted by molar-refractivity contribution is -0.138. The Hall–Kier alpha value is -0.610. The Kier molecular flexibility index (Phi) is 6.52. The molecular formula is C11H24N2O2. The number of aliphatic hydroxyl groups is 1. The van der Waals surface area contributed by atoms with Crippen LogP contribution in [0, 0.1) is 11.8 Å². The maximum atomic E-state index is 12.1. The predicted molar refractivity (Wildman–Crippen MR) is 61.3 cm³/mol. The van der Waals surface area contributed by atoms with E-state index in [9.17, 15) is 4.79 Å². The van der Waals surface area contributed by atoms with Gasteiger partial charge < -0.3 is 15.7 Å². The molecule has 0 spiro atoms. The van der Waals surface area contributed by atoms with E-state index in [1.54, 1.807) is 4.90 Å². The van der Waals surface area contributed by atoms with Crippen LogP contribution in [0.25, 0.3) is 0 Å². The third kappa shape index (κ3) is 4.18. The first-order valence-corrected chi connectivity index (χ1v) is 5.57. The van der Waals surface area contributed by atoms with Gasteiger partial charge in [0, 0.05) is 19.1 Å². The second kappa shape index (κ2) is 6.80. The molecule has 0 aliphatic heterocycles. The predicted octanol–water partition coefficient (Wildman–Crippen LogP) is 0.447. The highest BCUT2D eigenvalue weighted by Crippen LogP contribution is 2.14. The molecule has 0 rings (SSSR count). The highest BCUT2D eigenvalue weighted by atomic mass is 16.3. The van der Waals surface area contributed by atoms with Crippen LogP contribution in [0.4, 0.5) is 0 Å². The van der Waals surface area contributed by atoms with Crippen molar-refractivity contribution in [3.05, 3.63) is 0 Å². The molecule has 15 heavy (non-hydrogen) atoms. The van der Waals surface area contributed by atoms with Gasteiger partial charge in [0.05, 0.1) is 12.5 Å². The van der Waals surface area contributed by atoms with Crippen LogP contribution in [-0.2, 0) is 4.79 Å². The molecule has 1 amide bonds. The van der Waals surface area contributed by atoms with Crippen LogP contribution in [0.5, 0.6) is 0 Å². The van der Waals surface area contributed by atoms with Crippen molar-refractivity contribution in [2.75, 3.05) is 19.7 Å². The van der Waals surface area contributed by atoms with Crippen molar-refractivity contribution in [1.29, 1.82) is 0 Å². The number of hydrogen-bond acceptors (Lipinski definition) is 3. The summed E-state index contributed by atoms with van der Waals surface area (Å²) in [6.45, 7) is 8.63. The van der Waals surface area contributed by atoms with E-state index in [0.29, 0.717) is 13.1 Å². The summed E-state index contributed by atoms with van der Waals surface area (Å²) >= 11 is 0. The van der Waals surface area contributed by atoms with Gasteiger partial charge in [-0.15, -0.1) is 0 Å². The summed E-state index contributed by atoms with van der Waals surface area (Å²) in [7, 11) is 0. The van der Waals surface area contributed by atoms with E-state index in [4.69, 9.17) is 10.8 Å². The minimum Gasteiger partial charge on any atom is -0.395 e. The van der Waals surface area contributed by atoms with Gasteiger partial charge in [-0.1, -0.05) is 13.8 Å². The molecule has 0 heterocycles. The lowest BCUT2D eigenvalue weighted by Crippen LogP contribution is -2.46. The fourth-order valence-electron chi connectivity index (χ4n) is 1.60. The van der Waals surface area contributed by atoms with Crippen LogP contribution < -0.4 is 5.73 Å². The highest BCUT2D eigenvalue weighted by molar-refractivity contribution is 5.79. The minimum atomic E-state index is -0.140. The summed E-state index contributed by atoms with van der Waals surface area (Å²) in [5, 5.41) is 8.90. The minimum absolute atomic E-state index is 0.000688. The molecule has 0 aromatic rings. The number of hydrogen-bond donors (Lipinski definition) is 2. The maximum Gasteiger partial charge on any atom is 0.227 e. The molecule has 0 aromatic carbocycles. The quantitative estimate of drug-likeness (QED) is 0.677. The van der Waals surface area contributed by atoms with Crippen molar-refractivity contribution in [2.24, 2.45) is 17.6 Å². The molecule has 0 saturated heterocycles. The summed E-state index contributed by atoms with van der Waals surface area (Å²) in [5.74, 6) is 0.151. The van der Waals surface area contributed by atoms with E-state index in [1.807, 2.05) is 27.7 Å². The van der Waals surface area contributed by atoms with Crippen molar-refractivity contribution in [1.82, 2.24) is 4.90 Å². The number of carbonyl (C=O) groups is 1. The largest absolute Gasteiger partial charge is 0.395 e. The fraction of sp³-hybridized carbons (Fsp3) is 0.909. The standard InChI is InChI=1S/C11H24N2O2/c1-8(2)10(7-12)11(15)13(5-6-14)9(3)4/h8-10,14H,5-7,12H2,1-4H3. The zero-order chi connectivity index (χ0) is 12.0. The van der Waals surface area contributed by atoms with Crippen LogP contribution in [0.15, 0.2) is 0 Å².